The van der Waals surface area contributed by atoms with Crippen molar-refractivity contribution in [3.8, 4) is 5.75 Å². The van der Waals surface area contributed by atoms with Gasteiger partial charge in [-0.05, 0) is 36.8 Å². The van der Waals surface area contributed by atoms with Gasteiger partial charge in [-0.2, -0.15) is 0 Å². The van der Waals surface area contributed by atoms with Crippen LogP contribution >= 0.6 is 15.9 Å². The third kappa shape index (κ3) is 4.43. The third-order valence-corrected chi connectivity index (χ3v) is 4.32. The van der Waals surface area contributed by atoms with E-state index in [1.807, 2.05) is 36.4 Å². The summed E-state index contributed by atoms with van der Waals surface area (Å²) in [5.41, 5.74) is 6.65. The van der Waals surface area contributed by atoms with Gasteiger partial charge >= 0.3 is 0 Å². The van der Waals surface area contributed by atoms with Gasteiger partial charge in [0.2, 0.25) is 5.91 Å². The molecule has 0 fully saturated rings. The number of carbonyl (C=O) groups is 2. The Morgan fingerprint density at radius 2 is 1.96 bits per heavy atom. The van der Waals surface area contributed by atoms with Crippen LogP contribution in [0.4, 0.5) is 0 Å². The number of H-pyrrole nitrogens is 1. The van der Waals surface area contributed by atoms with Crippen molar-refractivity contribution < 1.29 is 14.3 Å². The maximum Gasteiger partial charge on any atom is 0.279 e. The molecule has 6 nitrogen and oxygen atoms in total. The Morgan fingerprint density at radius 3 is 2.77 bits per heavy atom. The van der Waals surface area contributed by atoms with Crippen molar-refractivity contribution in [2.45, 2.75) is 19.4 Å². The minimum Gasteiger partial charge on any atom is -0.481 e. The van der Waals surface area contributed by atoms with Gasteiger partial charge in [0.1, 0.15) is 5.75 Å². The largest absolute Gasteiger partial charge is 0.481 e. The summed E-state index contributed by atoms with van der Waals surface area (Å²) in [6.45, 7) is 1.61. The zero-order valence-corrected chi connectivity index (χ0v) is 15.7. The van der Waals surface area contributed by atoms with Crippen LogP contribution in [0.3, 0.4) is 0 Å². The fraction of sp³-hybridized carbons (Fsp3) is 0.158. The quantitative estimate of drug-likeness (QED) is 0.559. The minimum atomic E-state index is -0.752. The summed E-state index contributed by atoms with van der Waals surface area (Å²) in [7, 11) is 0. The van der Waals surface area contributed by atoms with Crippen molar-refractivity contribution in [2.24, 2.45) is 0 Å². The molecule has 26 heavy (non-hydrogen) atoms. The summed E-state index contributed by atoms with van der Waals surface area (Å²) in [5.74, 6) is -0.179. The first-order valence-electron chi connectivity index (χ1n) is 8.09. The van der Waals surface area contributed by atoms with E-state index in [0.717, 1.165) is 20.9 Å². The lowest BCUT2D eigenvalue weighted by atomic mass is 10.1. The number of para-hydroxylation sites is 1. The fourth-order valence-corrected chi connectivity index (χ4v) is 2.90. The number of benzene rings is 2. The fourth-order valence-electron chi connectivity index (χ4n) is 2.53. The number of aromatic amines is 1. The van der Waals surface area contributed by atoms with Crippen molar-refractivity contribution in [3.63, 3.8) is 0 Å². The highest BCUT2D eigenvalue weighted by Crippen LogP contribution is 2.19. The van der Waals surface area contributed by atoms with Gasteiger partial charge in [-0.25, -0.2) is 0 Å². The Labute approximate surface area is 159 Å². The highest BCUT2D eigenvalue weighted by Gasteiger charge is 2.16. The van der Waals surface area contributed by atoms with E-state index in [1.54, 1.807) is 25.3 Å². The second kappa shape index (κ2) is 8.05. The van der Waals surface area contributed by atoms with Gasteiger partial charge in [0.05, 0.1) is 6.42 Å². The number of rotatable bonds is 5. The molecule has 0 saturated heterocycles. The van der Waals surface area contributed by atoms with Gasteiger partial charge in [-0.1, -0.05) is 40.2 Å². The molecule has 0 aliphatic rings. The van der Waals surface area contributed by atoms with E-state index in [4.69, 9.17) is 4.74 Å². The molecule has 1 unspecified atom stereocenters. The van der Waals surface area contributed by atoms with Crippen LogP contribution < -0.4 is 15.6 Å². The first-order valence-corrected chi connectivity index (χ1v) is 8.88. The molecule has 7 heteroatoms. The SMILES string of the molecule is CC(Oc1cccc(Br)c1)C(=O)NNC(=O)Cc1c[nH]c2ccccc12. The topological polar surface area (TPSA) is 83.2 Å². The van der Waals surface area contributed by atoms with Crippen LogP contribution in [-0.4, -0.2) is 22.9 Å². The van der Waals surface area contributed by atoms with E-state index >= 15 is 0 Å². The lowest BCUT2D eigenvalue weighted by Crippen LogP contribution is -2.47. The lowest BCUT2D eigenvalue weighted by molar-refractivity contribution is -0.132. The Bertz CT molecular complexity index is 938. The van der Waals surface area contributed by atoms with Crippen LogP contribution in [0.2, 0.25) is 0 Å². The van der Waals surface area contributed by atoms with Crippen LogP contribution in [0.15, 0.2) is 59.2 Å². The molecule has 0 aliphatic heterocycles. The summed E-state index contributed by atoms with van der Waals surface area (Å²) in [4.78, 5) is 27.3. The first kappa shape index (κ1) is 18.0. The highest BCUT2D eigenvalue weighted by atomic mass is 79.9. The van der Waals surface area contributed by atoms with Gasteiger partial charge in [0.25, 0.3) is 5.91 Å². The summed E-state index contributed by atoms with van der Waals surface area (Å²) < 4.78 is 6.41. The standard InChI is InChI=1S/C19H18BrN3O3/c1-12(26-15-6-4-5-14(20)10-15)19(25)23-22-18(24)9-13-11-21-17-8-3-2-7-16(13)17/h2-8,10-12,21H,9H2,1H3,(H,22,24)(H,23,25). The van der Waals surface area contributed by atoms with Crippen molar-refractivity contribution in [3.05, 3.63) is 64.8 Å². The number of amides is 2. The molecular formula is C19H18BrN3O3. The molecule has 2 amide bonds. The molecule has 1 heterocycles. The number of halogens is 1. The number of hydrogen-bond acceptors (Lipinski definition) is 3. The number of nitrogens with one attached hydrogen (secondary N) is 3. The van der Waals surface area contributed by atoms with E-state index in [0.29, 0.717) is 5.75 Å². The van der Waals surface area contributed by atoms with Gasteiger partial charge in [0, 0.05) is 21.6 Å². The Hall–Kier alpha value is -2.80. The van der Waals surface area contributed by atoms with Gasteiger partial charge < -0.3 is 9.72 Å². The molecule has 3 rings (SSSR count). The van der Waals surface area contributed by atoms with Crippen LogP contribution in [0.1, 0.15) is 12.5 Å². The Morgan fingerprint density at radius 1 is 1.15 bits per heavy atom. The highest BCUT2D eigenvalue weighted by molar-refractivity contribution is 9.10. The maximum absolute atomic E-state index is 12.1. The van der Waals surface area contributed by atoms with E-state index in [-0.39, 0.29) is 12.3 Å². The van der Waals surface area contributed by atoms with E-state index in [9.17, 15) is 9.59 Å². The predicted molar refractivity (Wildman–Crippen MR) is 103 cm³/mol. The molecule has 0 spiro atoms. The molecule has 1 aromatic heterocycles. The number of aromatic nitrogens is 1. The number of carbonyl (C=O) groups excluding carboxylic acids is 2. The van der Waals surface area contributed by atoms with Crippen LogP contribution in [0.25, 0.3) is 10.9 Å². The molecule has 1 atom stereocenters. The number of hydrogen-bond donors (Lipinski definition) is 3. The summed E-state index contributed by atoms with van der Waals surface area (Å²) in [6, 6.07) is 14.9. The average Bonchev–Trinajstić information content (AvgIpc) is 3.02. The maximum atomic E-state index is 12.1. The van der Waals surface area contributed by atoms with Gasteiger partial charge in [-0.15, -0.1) is 0 Å². The van der Waals surface area contributed by atoms with E-state index in [2.05, 4.69) is 31.8 Å². The summed E-state index contributed by atoms with van der Waals surface area (Å²) >= 11 is 3.34. The molecule has 0 saturated carbocycles. The van der Waals surface area contributed by atoms with Crippen molar-refractivity contribution in [1.29, 1.82) is 0 Å². The summed E-state index contributed by atoms with van der Waals surface area (Å²) in [5, 5.41) is 0.986. The van der Waals surface area contributed by atoms with Crippen LogP contribution in [-0.2, 0) is 16.0 Å². The zero-order chi connectivity index (χ0) is 18.5. The molecule has 2 aromatic carbocycles. The molecule has 0 aliphatic carbocycles. The van der Waals surface area contributed by atoms with Crippen molar-refractivity contribution in [1.82, 2.24) is 15.8 Å². The average molecular weight is 416 g/mol. The Kier molecular flexibility index (Phi) is 5.58. The normalized spacial score (nSPS) is 11.8. The summed E-state index contributed by atoms with van der Waals surface area (Å²) in [6.07, 6.45) is 1.20. The number of fused-ring (bicyclic) bond motifs is 1. The van der Waals surface area contributed by atoms with Crippen LogP contribution in [0, 0.1) is 0 Å². The van der Waals surface area contributed by atoms with Crippen molar-refractivity contribution in [2.75, 3.05) is 0 Å². The third-order valence-electron chi connectivity index (χ3n) is 3.83. The first-order chi connectivity index (χ1) is 12.5. The molecular weight excluding hydrogens is 398 g/mol. The Balaban J connectivity index is 1.51. The van der Waals surface area contributed by atoms with Crippen molar-refractivity contribution >= 4 is 38.6 Å². The van der Waals surface area contributed by atoms with E-state index in [1.165, 1.54) is 0 Å². The zero-order valence-electron chi connectivity index (χ0n) is 14.1. The molecule has 3 aromatic rings. The lowest BCUT2D eigenvalue weighted by Gasteiger charge is -2.15. The molecule has 134 valence electrons. The second-order valence-electron chi connectivity index (χ2n) is 5.79. The minimum absolute atomic E-state index is 0.158. The van der Waals surface area contributed by atoms with Gasteiger partial charge in [0.15, 0.2) is 6.10 Å². The number of hydrazine groups is 1. The van der Waals surface area contributed by atoms with Gasteiger partial charge in [-0.3, -0.25) is 20.4 Å². The van der Waals surface area contributed by atoms with E-state index < -0.39 is 12.0 Å². The molecule has 0 bridgehead atoms. The second-order valence-corrected chi connectivity index (χ2v) is 6.71. The number of ether oxygens (including phenoxy) is 1. The predicted octanol–water partition coefficient (Wildman–Crippen LogP) is 3.09. The van der Waals surface area contributed by atoms with Crippen LogP contribution in [0.5, 0.6) is 5.75 Å². The smallest absolute Gasteiger partial charge is 0.279 e. The molecule has 0 radical (unpaired) electrons. The molecule has 3 N–H and O–H groups in total. The monoisotopic (exact) mass is 415 g/mol.